The summed E-state index contributed by atoms with van der Waals surface area (Å²) in [6.45, 7) is 4.27. The molecule has 1 aliphatic rings. The highest BCUT2D eigenvalue weighted by Gasteiger charge is 2.29. The minimum atomic E-state index is -0.906. The molecule has 1 atom stereocenters. The van der Waals surface area contributed by atoms with Gasteiger partial charge < -0.3 is 19.9 Å². The van der Waals surface area contributed by atoms with Gasteiger partial charge in [0.05, 0.1) is 5.69 Å². The minimum Gasteiger partial charge on any atom is -0.449 e. The molecule has 0 spiro atoms. The van der Waals surface area contributed by atoms with Crippen molar-refractivity contribution in [3.63, 3.8) is 0 Å². The lowest BCUT2D eigenvalue weighted by molar-refractivity contribution is -0.140. The Balaban J connectivity index is 1.66. The summed E-state index contributed by atoms with van der Waals surface area (Å²) >= 11 is 0. The molecule has 24 heavy (non-hydrogen) atoms. The third kappa shape index (κ3) is 2.97. The Labute approximate surface area is 139 Å². The van der Waals surface area contributed by atoms with Crippen LogP contribution in [0.5, 0.6) is 0 Å². The Morgan fingerprint density at radius 1 is 1.33 bits per heavy atom. The molecule has 1 aliphatic heterocycles. The van der Waals surface area contributed by atoms with E-state index in [0.29, 0.717) is 18.8 Å². The second kappa shape index (κ2) is 6.35. The lowest BCUT2D eigenvalue weighted by atomic mass is 9.99. The molecule has 7 heteroatoms. The summed E-state index contributed by atoms with van der Waals surface area (Å²) < 4.78 is 9.99. The lowest BCUT2D eigenvalue weighted by Gasteiger charge is -2.30. The number of anilines is 1. The zero-order chi connectivity index (χ0) is 17.3. The quantitative estimate of drug-likeness (QED) is 0.861. The average Bonchev–Trinajstić information content (AvgIpc) is 2.92. The predicted molar refractivity (Wildman–Crippen MR) is 86.1 cm³/mol. The van der Waals surface area contributed by atoms with Crippen LogP contribution in [0.1, 0.15) is 34.1 Å². The van der Waals surface area contributed by atoms with E-state index < -0.39 is 12.1 Å². The van der Waals surface area contributed by atoms with E-state index >= 15 is 0 Å². The van der Waals surface area contributed by atoms with Crippen LogP contribution < -0.4 is 5.73 Å². The number of nitrogen functional groups attached to an aromatic ring is 1. The number of fused-ring (bicyclic) bond motifs is 1. The molecule has 0 saturated carbocycles. The van der Waals surface area contributed by atoms with Gasteiger partial charge in [-0.3, -0.25) is 4.79 Å². The number of aromatic nitrogens is 1. The van der Waals surface area contributed by atoms with Crippen LogP contribution >= 0.6 is 0 Å². The largest absolute Gasteiger partial charge is 0.449 e. The van der Waals surface area contributed by atoms with Gasteiger partial charge in [-0.25, -0.2) is 4.79 Å². The number of nitrogens with two attached hydrogens (primary N) is 1. The molecule has 0 bridgehead atoms. The molecule has 0 radical (unpaired) electrons. The monoisotopic (exact) mass is 329 g/mol. The number of carbonyl (C=O) groups is 2. The van der Waals surface area contributed by atoms with Crippen molar-refractivity contribution in [3.8, 4) is 0 Å². The summed E-state index contributed by atoms with van der Waals surface area (Å²) in [7, 11) is 0. The summed E-state index contributed by atoms with van der Waals surface area (Å²) in [5.41, 5.74) is 8.34. The zero-order valence-corrected chi connectivity index (χ0v) is 13.6. The first-order valence-electron chi connectivity index (χ1n) is 7.75. The third-order valence-electron chi connectivity index (χ3n) is 4.17. The summed E-state index contributed by atoms with van der Waals surface area (Å²) in [5.74, 6) is -1.04. The molecule has 2 heterocycles. The number of benzene rings is 1. The fraction of sp³-hybridized carbons (Fsp3) is 0.353. The van der Waals surface area contributed by atoms with Gasteiger partial charge in [-0.05, 0) is 31.4 Å². The van der Waals surface area contributed by atoms with Crippen LogP contribution in [-0.2, 0) is 22.5 Å². The molecule has 2 N–H and O–H groups in total. The molecule has 7 nitrogen and oxygen atoms in total. The molecule has 2 aromatic rings. The molecule has 126 valence electrons. The molecular formula is C17H19N3O4. The van der Waals surface area contributed by atoms with E-state index in [0.717, 1.165) is 12.0 Å². The smallest absolute Gasteiger partial charge is 0.346 e. The van der Waals surface area contributed by atoms with Crippen LogP contribution in [0.25, 0.3) is 0 Å². The van der Waals surface area contributed by atoms with Gasteiger partial charge in [-0.2, -0.15) is 0 Å². The van der Waals surface area contributed by atoms with Gasteiger partial charge in [0.2, 0.25) is 5.88 Å². The van der Waals surface area contributed by atoms with Crippen LogP contribution in [-0.4, -0.2) is 34.6 Å². The van der Waals surface area contributed by atoms with Crippen LogP contribution in [0.4, 0.5) is 5.88 Å². The Kier molecular flexibility index (Phi) is 4.24. The molecule has 1 aromatic carbocycles. The normalized spacial score (nSPS) is 14.8. The summed E-state index contributed by atoms with van der Waals surface area (Å²) in [5, 5.41) is 3.61. The maximum atomic E-state index is 12.6. The molecule has 3 rings (SSSR count). The Morgan fingerprint density at radius 3 is 2.71 bits per heavy atom. The average molecular weight is 329 g/mol. The molecule has 0 aliphatic carbocycles. The highest BCUT2D eigenvalue weighted by molar-refractivity contribution is 5.96. The van der Waals surface area contributed by atoms with E-state index in [9.17, 15) is 9.59 Å². The van der Waals surface area contributed by atoms with Gasteiger partial charge in [-0.1, -0.05) is 29.4 Å². The van der Waals surface area contributed by atoms with Gasteiger partial charge >= 0.3 is 5.97 Å². The van der Waals surface area contributed by atoms with Crippen molar-refractivity contribution in [1.29, 1.82) is 0 Å². The van der Waals surface area contributed by atoms with Crippen molar-refractivity contribution in [3.05, 3.63) is 46.6 Å². The van der Waals surface area contributed by atoms with Crippen molar-refractivity contribution in [2.75, 3.05) is 12.3 Å². The number of esters is 1. The third-order valence-corrected chi connectivity index (χ3v) is 4.17. The topological polar surface area (TPSA) is 98.7 Å². The summed E-state index contributed by atoms with van der Waals surface area (Å²) in [6.07, 6.45) is -0.114. The van der Waals surface area contributed by atoms with Crippen molar-refractivity contribution < 1.29 is 18.8 Å². The molecular weight excluding hydrogens is 310 g/mol. The van der Waals surface area contributed by atoms with Crippen molar-refractivity contribution in [1.82, 2.24) is 10.1 Å². The Bertz CT molecular complexity index is 764. The minimum absolute atomic E-state index is 0.0682. The fourth-order valence-corrected chi connectivity index (χ4v) is 2.85. The van der Waals surface area contributed by atoms with Gasteiger partial charge in [0, 0.05) is 13.1 Å². The number of aryl methyl sites for hydroxylation is 1. The van der Waals surface area contributed by atoms with Crippen LogP contribution in [0.3, 0.4) is 0 Å². The number of ether oxygens (including phenoxy) is 1. The summed E-state index contributed by atoms with van der Waals surface area (Å²) in [6, 6.07) is 8.02. The molecule has 1 amide bonds. The first-order chi connectivity index (χ1) is 11.5. The zero-order valence-electron chi connectivity index (χ0n) is 13.6. The van der Waals surface area contributed by atoms with Gasteiger partial charge in [0.1, 0.15) is 5.56 Å². The predicted octanol–water partition coefficient (Wildman–Crippen LogP) is 1.70. The second-order valence-corrected chi connectivity index (χ2v) is 5.83. The van der Waals surface area contributed by atoms with Crippen molar-refractivity contribution in [2.45, 2.75) is 32.9 Å². The standard InChI is InChI=1S/C17H19N3O4/c1-10-14(15(18)24-19-10)17(22)23-11(2)16(21)20-8-7-12-5-3-4-6-13(12)9-20/h3-6,11H,7-9,18H2,1-2H3/t11-/m0/s1. The highest BCUT2D eigenvalue weighted by Crippen LogP contribution is 2.21. The van der Waals surface area contributed by atoms with E-state index in [1.54, 1.807) is 18.7 Å². The number of rotatable bonds is 3. The fourth-order valence-electron chi connectivity index (χ4n) is 2.85. The van der Waals surface area contributed by atoms with Crippen LogP contribution in [0, 0.1) is 6.92 Å². The van der Waals surface area contributed by atoms with E-state index in [-0.39, 0.29) is 17.4 Å². The van der Waals surface area contributed by atoms with Crippen molar-refractivity contribution in [2.24, 2.45) is 0 Å². The first-order valence-corrected chi connectivity index (χ1v) is 7.75. The van der Waals surface area contributed by atoms with Gasteiger partial charge in [0.25, 0.3) is 5.91 Å². The molecule has 0 unspecified atom stereocenters. The van der Waals surface area contributed by atoms with Gasteiger partial charge in [-0.15, -0.1) is 0 Å². The Morgan fingerprint density at radius 2 is 2.04 bits per heavy atom. The number of amides is 1. The van der Waals surface area contributed by atoms with Crippen LogP contribution in [0.15, 0.2) is 28.8 Å². The number of hydrogen-bond acceptors (Lipinski definition) is 6. The van der Waals surface area contributed by atoms with Crippen molar-refractivity contribution >= 4 is 17.8 Å². The number of hydrogen-bond donors (Lipinski definition) is 1. The van der Waals surface area contributed by atoms with E-state index in [4.69, 9.17) is 15.0 Å². The molecule has 0 fully saturated rings. The first kappa shape index (κ1) is 16.0. The maximum absolute atomic E-state index is 12.6. The molecule has 0 saturated heterocycles. The maximum Gasteiger partial charge on any atom is 0.346 e. The molecule has 1 aromatic heterocycles. The summed E-state index contributed by atoms with van der Waals surface area (Å²) in [4.78, 5) is 26.4. The number of carbonyl (C=O) groups excluding carboxylic acids is 2. The van der Waals surface area contributed by atoms with E-state index in [2.05, 4.69) is 11.2 Å². The number of nitrogens with zero attached hydrogens (tertiary/aromatic N) is 2. The Hall–Kier alpha value is -2.83. The SMILES string of the molecule is Cc1noc(N)c1C(=O)O[C@@H](C)C(=O)N1CCc2ccccc2C1. The van der Waals surface area contributed by atoms with E-state index in [1.165, 1.54) is 5.56 Å². The second-order valence-electron chi connectivity index (χ2n) is 5.83. The van der Waals surface area contributed by atoms with Crippen LogP contribution in [0.2, 0.25) is 0 Å². The van der Waals surface area contributed by atoms with Gasteiger partial charge in [0.15, 0.2) is 6.10 Å². The van der Waals surface area contributed by atoms with E-state index in [1.807, 2.05) is 18.2 Å². The lowest BCUT2D eigenvalue weighted by Crippen LogP contribution is -2.42. The highest BCUT2D eigenvalue weighted by atomic mass is 16.5.